The first-order chi connectivity index (χ1) is 22.4. The van der Waals surface area contributed by atoms with Crippen LogP contribution in [0.15, 0.2) is 119 Å². The van der Waals surface area contributed by atoms with Crippen molar-refractivity contribution in [2.75, 3.05) is 23.0 Å². The highest BCUT2D eigenvalue weighted by atomic mass is 35.5. The van der Waals surface area contributed by atoms with Crippen LogP contribution in [0.4, 0.5) is 10.8 Å². The van der Waals surface area contributed by atoms with Gasteiger partial charge in [-0.1, -0.05) is 60.1 Å². The van der Waals surface area contributed by atoms with E-state index in [1.807, 2.05) is 48.7 Å². The number of anilines is 2. The molecular weight excluding hydrogens is 640 g/mol. The molecule has 46 heavy (non-hydrogen) atoms. The number of carbonyl (C=O) groups excluding carboxylic acids is 3. The Hall–Kier alpha value is -4.90. The Labute approximate surface area is 279 Å². The van der Waals surface area contributed by atoms with Gasteiger partial charge in [0, 0.05) is 32.1 Å². The van der Waals surface area contributed by atoms with Crippen molar-refractivity contribution < 1.29 is 19.1 Å². The number of halogens is 1. The van der Waals surface area contributed by atoms with Crippen LogP contribution in [0.2, 0.25) is 5.02 Å². The summed E-state index contributed by atoms with van der Waals surface area (Å²) in [5.74, 6) is -0.207. The Kier molecular flexibility index (Phi) is 11.2. The third-order valence-corrected chi connectivity index (χ3v) is 8.51. The van der Waals surface area contributed by atoms with Crippen molar-refractivity contribution >= 4 is 69.3 Å². The molecule has 0 saturated carbocycles. The lowest BCUT2D eigenvalue weighted by molar-refractivity contribution is -0.114. The molecule has 0 unspecified atom stereocenters. The van der Waals surface area contributed by atoms with Gasteiger partial charge in [-0.05, 0) is 73.2 Å². The number of hydrogen-bond donors (Lipinski definition) is 3. The van der Waals surface area contributed by atoms with Crippen molar-refractivity contribution in [1.82, 2.24) is 10.3 Å². The Balaban J connectivity index is 1.19. The van der Waals surface area contributed by atoms with Crippen molar-refractivity contribution in [2.24, 2.45) is 0 Å². The number of amides is 3. The predicted molar refractivity (Wildman–Crippen MR) is 186 cm³/mol. The van der Waals surface area contributed by atoms with Gasteiger partial charge in [-0.25, -0.2) is 4.98 Å². The lowest BCUT2D eigenvalue weighted by atomic mass is 10.1. The van der Waals surface area contributed by atoms with Crippen LogP contribution in [0.1, 0.15) is 22.8 Å². The highest BCUT2D eigenvalue weighted by Gasteiger charge is 2.16. The maximum absolute atomic E-state index is 13.3. The van der Waals surface area contributed by atoms with Gasteiger partial charge < -0.3 is 20.7 Å². The third kappa shape index (κ3) is 9.07. The number of thioether (sulfide) groups is 1. The summed E-state index contributed by atoms with van der Waals surface area (Å²) in [5.41, 5.74) is 3.25. The SMILES string of the molecule is CCOc1ccc(/C=C(\NC(=O)c2ccccc2)C(=O)Nc2ccc(SCC(=O)Nc3nc(-c4ccccc4Cl)cs3)cc2)cc1. The van der Waals surface area contributed by atoms with Gasteiger partial charge in [0.2, 0.25) is 5.91 Å². The Morgan fingerprint density at radius 3 is 2.33 bits per heavy atom. The average molecular weight is 669 g/mol. The highest BCUT2D eigenvalue weighted by molar-refractivity contribution is 8.00. The van der Waals surface area contributed by atoms with E-state index >= 15 is 0 Å². The van der Waals surface area contributed by atoms with Crippen LogP contribution in [0.25, 0.3) is 17.3 Å². The molecule has 1 aromatic heterocycles. The maximum atomic E-state index is 13.3. The minimum absolute atomic E-state index is 0.0769. The average Bonchev–Trinajstić information content (AvgIpc) is 3.53. The Morgan fingerprint density at radius 2 is 1.61 bits per heavy atom. The first kappa shape index (κ1) is 32.5. The van der Waals surface area contributed by atoms with E-state index in [0.717, 1.165) is 10.5 Å². The van der Waals surface area contributed by atoms with Crippen molar-refractivity contribution in [3.05, 3.63) is 130 Å². The van der Waals surface area contributed by atoms with Gasteiger partial charge in [0.15, 0.2) is 5.13 Å². The fraction of sp³-hybridized carbons (Fsp3) is 0.0857. The molecule has 0 fully saturated rings. The summed E-state index contributed by atoms with van der Waals surface area (Å²) in [4.78, 5) is 44.2. The third-order valence-electron chi connectivity index (χ3n) is 6.41. The first-order valence-electron chi connectivity index (χ1n) is 14.2. The number of hydrogen-bond acceptors (Lipinski definition) is 7. The molecule has 0 aliphatic rings. The van der Waals surface area contributed by atoms with Gasteiger partial charge >= 0.3 is 0 Å². The zero-order valence-corrected chi connectivity index (χ0v) is 27.0. The van der Waals surface area contributed by atoms with Crippen LogP contribution < -0.4 is 20.7 Å². The lowest BCUT2D eigenvalue weighted by Crippen LogP contribution is -2.30. The number of nitrogens with one attached hydrogen (secondary N) is 3. The molecule has 0 atom stereocenters. The molecule has 232 valence electrons. The molecule has 8 nitrogen and oxygen atoms in total. The molecule has 0 radical (unpaired) electrons. The summed E-state index contributed by atoms with van der Waals surface area (Å²) in [7, 11) is 0. The molecule has 3 N–H and O–H groups in total. The minimum atomic E-state index is -0.488. The first-order valence-corrected chi connectivity index (χ1v) is 16.5. The van der Waals surface area contributed by atoms with Gasteiger partial charge in [0.05, 0.1) is 18.1 Å². The largest absolute Gasteiger partial charge is 0.494 e. The fourth-order valence-corrected chi connectivity index (χ4v) is 5.85. The van der Waals surface area contributed by atoms with E-state index in [-0.39, 0.29) is 17.4 Å². The van der Waals surface area contributed by atoms with Crippen LogP contribution in [0.3, 0.4) is 0 Å². The van der Waals surface area contributed by atoms with E-state index in [9.17, 15) is 14.4 Å². The zero-order chi connectivity index (χ0) is 32.3. The normalized spacial score (nSPS) is 11.0. The molecule has 5 rings (SSSR count). The zero-order valence-electron chi connectivity index (χ0n) is 24.7. The van der Waals surface area contributed by atoms with Gasteiger partial charge in [-0.3, -0.25) is 14.4 Å². The summed E-state index contributed by atoms with van der Waals surface area (Å²) >= 11 is 8.95. The van der Waals surface area contributed by atoms with E-state index in [1.54, 1.807) is 72.8 Å². The standard InChI is InChI=1S/C35H29ClN4O4S2/c1-2-44-26-16-12-23(13-17-26)20-30(38-33(42)24-8-4-3-5-9-24)34(43)37-25-14-18-27(19-15-25)45-22-32(41)40-35-39-31(21-46-35)28-10-6-7-11-29(28)36/h3-21H,2,22H2,1H3,(H,37,43)(H,38,42)(H,39,40,41)/b30-20-. The lowest BCUT2D eigenvalue weighted by Gasteiger charge is -2.12. The van der Waals surface area contributed by atoms with Crippen LogP contribution in [-0.4, -0.2) is 35.1 Å². The van der Waals surface area contributed by atoms with Crippen molar-refractivity contribution in [1.29, 1.82) is 0 Å². The van der Waals surface area contributed by atoms with Crippen molar-refractivity contribution in [2.45, 2.75) is 11.8 Å². The fourth-order valence-electron chi connectivity index (χ4n) is 4.20. The number of carbonyl (C=O) groups is 3. The molecular formula is C35H29ClN4O4S2. The van der Waals surface area contributed by atoms with Gasteiger partial charge in [0.1, 0.15) is 11.4 Å². The highest BCUT2D eigenvalue weighted by Crippen LogP contribution is 2.30. The predicted octanol–water partition coefficient (Wildman–Crippen LogP) is 8.00. The van der Waals surface area contributed by atoms with Crippen molar-refractivity contribution in [3.8, 4) is 17.0 Å². The molecule has 4 aromatic carbocycles. The monoisotopic (exact) mass is 668 g/mol. The summed E-state index contributed by atoms with van der Waals surface area (Å²) in [5, 5.41) is 11.3. The Bertz CT molecular complexity index is 1840. The second kappa shape index (κ2) is 15.9. The number of ether oxygens (including phenoxy) is 1. The number of aromatic nitrogens is 1. The quantitative estimate of drug-likeness (QED) is 0.0918. The molecule has 0 aliphatic heterocycles. The molecule has 0 spiro atoms. The minimum Gasteiger partial charge on any atom is -0.494 e. The van der Waals surface area contributed by atoms with Gasteiger partial charge in [-0.15, -0.1) is 23.1 Å². The smallest absolute Gasteiger partial charge is 0.272 e. The number of rotatable bonds is 12. The Morgan fingerprint density at radius 1 is 0.891 bits per heavy atom. The van der Waals surface area contributed by atoms with E-state index in [0.29, 0.717) is 45.0 Å². The molecule has 1 heterocycles. The molecule has 5 aromatic rings. The number of thiazole rings is 1. The second-order valence-corrected chi connectivity index (χ2v) is 12.0. The molecule has 3 amide bonds. The number of nitrogens with zero attached hydrogens (tertiary/aromatic N) is 1. The molecule has 0 bridgehead atoms. The van der Waals surface area contributed by atoms with Crippen LogP contribution in [0, 0.1) is 0 Å². The van der Waals surface area contributed by atoms with Gasteiger partial charge in [-0.2, -0.15) is 0 Å². The second-order valence-electron chi connectivity index (χ2n) is 9.71. The summed E-state index contributed by atoms with van der Waals surface area (Å²) < 4.78 is 5.50. The van der Waals surface area contributed by atoms with Crippen LogP contribution in [0.5, 0.6) is 5.75 Å². The van der Waals surface area contributed by atoms with E-state index in [4.69, 9.17) is 16.3 Å². The number of benzene rings is 4. The molecule has 0 aliphatic carbocycles. The summed E-state index contributed by atoms with van der Waals surface area (Å²) in [6.45, 7) is 2.44. The molecule has 0 saturated heterocycles. The van der Waals surface area contributed by atoms with Crippen LogP contribution >= 0.6 is 34.7 Å². The van der Waals surface area contributed by atoms with E-state index in [2.05, 4.69) is 20.9 Å². The van der Waals surface area contributed by atoms with Gasteiger partial charge in [0.25, 0.3) is 11.8 Å². The topological polar surface area (TPSA) is 109 Å². The summed E-state index contributed by atoms with van der Waals surface area (Å²) in [6, 6.07) is 30.4. The van der Waals surface area contributed by atoms with E-state index in [1.165, 1.54) is 23.1 Å². The summed E-state index contributed by atoms with van der Waals surface area (Å²) in [6.07, 6.45) is 1.61. The van der Waals surface area contributed by atoms with Crippen molar-refractivity contribution in [3.63, 3.8) is 0 Å². The maximum Gasteiger partial charge on any atom is 0.272 e. The van der Waals surface area contributed by atoms with E-state index < -0.39 is 11.8 Å². The molecule has 11 heteroatoms. The van der Waals surface area contributed by atoms with Crippen LogP contribution in [-0.2, 0) is 9.59 Å².